The van der Waals surface area contributed by atoms with Crippen LogP contribution in [0.1, 0.15) is 71.8 Å². The van der Waals surface area contributed by atoms with Gasteiger partial charge in [-0.2, -0.15) is 0 Å². The number of phenolic OH excluding ortho intramolecular Hbond substituents is 1. The lowest BCUT2D eigenvalue weighted by Gasteiger charge is -2.24. The first-order valence-electron chi connectivity index (χ1n) is 16.0. The van der Waals surface area contributed by atoms with Crippen LogP contribution in [0.2, 0.25) is 0 Å². The molecule has 0 saturated heterocycles. The minimum Gasteiger partial charge on any atom is -0.504 e. The highest BCUT2D eigenvalue weighted by Gasteiger charge is 2.36. The normalized spacial score (nSPS) is 19.4. The van der Waals surface area contributed by atoms with Gasteiger partial charge in [-0.3, -0.25) is 5.32 Å². The van der Waals surface area contributed by atoms with Crippen molar-refractivity contribution in [2.75, 3.05) is 32.9 Å². The largest absolute Gasteiger partial charge is 0.504 e. The van der Waals surface area contributed by atoms with Crippen LogP contribution in [0.3, 0.4) is 0 Å². The molecule has 3 rings (SSSR count). The highest BCUT2D eigenvalue weighted by Crippen LogP contribution is 2.32. The van der Waals surface area contributed by atoms with Crippen LogP contribution in [0, 0.1) is 17.9 Å². The molecule has 0 bridgehead atoms. The average molecular weight is 601 g/mol. The first-order valence-corrected chi connectivity index (χ1v) is 16.0. The average Bonchev–Trinajstić information content (AvgIpc) is 3.65. The molecule has 2 heterocycles. The summed E-state index contributed by atoms with van der Waals surface area (Å²) in [7, 11) is 0. The minimum absolute atomic E-state index is 0.0500. The molecule has 0 fully saturated rings. The second kappa shape index (κ2) is 18.3. The Hall–Kier alpha value is -2.53. The van der Waals surface area contributed by atoms with Gasteiger partial charge >= 0.3 is 0 Å². The fourth-order valence-electron chi connectivity index (χ4n) is 5.56. The molecule has 5 atom stereocenters. The van der Waals surface area contributed by atoms with Gasteiger partial charge in [-0.1, -0.05) is 26.3 Å². The van der Waals surface area contributed by atoms with Gasteiger partial charge in [0, 0.05) is 32.2 Å². The number of hydrogen-bond acceptors (Lipinski definition) is 8. The minimum atomic E-state index is -0.447. The summed E-state index contributed by atoms with van der Waals surface area (Å²) >= 11 is 0. The monoisotopic (exact) mass is 600 g/mol. The number of rotatable bonds is 21. The maximum absolute atomic E-state index is 10.5. The quantitative estimate of drug-likeness (QED) is 0.0938. The Balaban J connectivity index is 1.60. The first-order chi connectivity index (χ1) is 20.8. The van der Waals surface area contributed by atoms with Crippen LogP contribution in [0.5, 0.6) is 11.5 Å². The molecular weight excluding hydrogens is 546 g/mol. The number of likely N-dealkylation sites (N-methyl/N-ethyl adjacent to an activating group) is 1. The Labute approximate surface area is 258 Å². The number of unbranched alkanes of at least 4 members (excludes halogenated alkanes) is 1. The molecule has 7 N–H and O–H groups in total. The lowest BCUT2D eigenvalue weighted by Crippen LogP contribution is -2.41. The van der Waals surface area contributed by atoms with Crippen molar-refractivity contribution in [2.24, 2.45) is 10.9 Å². The number of aliphatic imine (C=N–C) groups is 1. The Morgan fingerprint density at radius 3 is 2.67 bits per heavy atom. The van der Waals surface area contributed by atoms with Gasteiger partial charge in [0.25, 0.3) is 0 Å². The molecule has 0 spiro atoms. The van der Waals surface area contributed by atoms with E-state index < -0.39 is 6.10 Å². The third kappa shape index (κ3) is 10.8. The number of ether oxygens (including phenoxy) is 2. The van der Waals surface area contributed by atoms with Crippen molar-refractivity contribution >= 4 is 6.21 Å². The molecule has 9 heteroatoms. The number of benzene rings is 1. The maximum atomic E-state index is 10.5. The van der Waals surface area contributed by atoms with Gasteiger partial charge in [0.1, 0.15) is 30.9 Å². The number of aliphatic hydroxyl groups excluding tert-OH is 3. The van der Waals surface area contributed by atoms with E-state index in [1.54, 1.807) is 13.0 Å². The van der Waals surface area contributed by atoms with Crippen LogP contribution >= 0.6 is 0 Å². The van der Waals surface area contributed by atoms with E-state index in [0.29, 0.717) is 25.3 Å². The number of nitrogens with zero attached hydrogens (tertiary/aromatic N) is 1. The molecule has 0 saturated carbocycles. The molecule has 1 aromatic carbocycles. The van der Waals surface area contributed by atoms with Crippen molar-refractivity contribution in [3.63, 3.8) is 0 Å². The van der Waals surface area contributed by atoms with E-state index in [-0.39, 0.29) is 43.1 Å². The molecule has 1 aromatic rings. The smallest absolute Gasteiger partial charge is 0.196 e. The lowest BCUT2D eigenvalue weighted by atomic mass is 9.86. The molecule has 2 aliphatic rings. The molecule has 2 aliphatic heterocycles. The highest BCUT2D eigenvalue weighted by atomic mass is 16.5. The van der Waals surface area contributed by atoms with Crippen molar-refractivity contribution in [2.45, 2.75) is 96.9 Å². The highest BCUT2D eigenvalue weighted by molar-refractivity contribution is 5.83. The fraction of sp³-hybridized carbons (Fsp3) is 0.618. The van der Waals surface area contributed by atoms with Crippen LogP contribution < -0.4 is 15.4 Å². The van der Waals surface area contributed by atoms with Crippen molar-refractivity contribution in [3.8, 4) is 11.5 Å². The lowest BCUT2D eigenvalue weighted by molar-refractivity contribution is -0.0550. The summed E-state index contributed by atoms with van der Waals surface area (Å²) in [5.74, 6) is 1.77. The van der Waals surface area contributed by atoms with E-state index in [9.17, 15) is 20.4 Å². The van der Waals surface area contributed by atoms with Gasteiger partial charge in [0.2, 0.25) is 0 Å². The molecule has 240 valence electrons. The van der Waals surface area contributed by atoms with E-state index in [2.05, 4.69) is 30.6 Å². The molecule has 0 amide bonds. The molecule has 0 aromatic heterocycles. The van der Waals surface area contributed by atoms with E-state index in [4.69, 9.17) is 14.5 Å². The van der Waals surface area contributed by atoms with Crippen molar-refractivity contribution in [1.82, 2.24) is 10.6 Å². The Bertz CT molecular complexity index is 1060. The molecular formula is C34H54N3O6+. The van der Waals surface area contributed by atoms with Crippen LogP contribution in [0.25, 0.3) is 0 Å². The maximum Gasteiger partial charge on any atom is 0.196 e. The van der Waals surface area contributed by atoms with E-state index in [1.165, 1.54) is 0 Å². The van der Waals surface area contributed by atoms with Crippen LogP contribution in [-0.2, 0) is 6.42 Å². The van der Waals surface area contributed by atoms with Crippen LogP contribution in [-0.4, -0.2) is 88.6 Å². The number of aryl methyl sites for hydroxylation is 1. The van der Waals surface area contributed by atoms with Gasteiger partial charge in [-0.25, -0.2) is 0 Å². The van der Waals surface area contributed by atoms with Gasteiger partial charge in [-0.15, -0.1) is 16.6 Å². The fourth-order valence-corrected chi connectivity index (χ4v) is 5.56. The third-order valence-corrected chi connectivity index (χ3v) is 8.18. The van der Waals surface area contributed by atoms with E-state index in [1.807, 2.05) is 31.3 Å². The molecule has 1 unspecified atom stereocenters. The van der Waals surface area contributed by atoms with Crippen molar-refractivity contribution < 1.29 is 29.9 Å². The number of aromatic hydroxyl groups is 1. The molecule has 0 aliphatic carbocycles. The SMILES string of the molecule is CCCCC1[OH+][C-](CCc2ccc(O)c(OC[C@H](NCC)C3=C[C+]([C@H](C)[C@H](CCCO)NC[C@H](C)O)C=N3)c2)C=C1CO. The molecule has 0 radical (unpaired) electrons. The Morgan fingerprint density at radius 1 is 1.16 bits per heavy atom. The summed E-state index contributed by atoms with van der Waals surface area (Å²) in [6, 6.07) is 5.43. The Morgan fingerprint density at radius 2 is 1.98 bits per heavy atom. The second-order valence-corrected chi connectivity index (χ2v) is 11.7. The molecule has 9 nitrogen and oxygen atoms in total. The summed E-state index contributed by atoms with van der Waals surface area (Å²) in [5, 5.41) is 46.3. The van der Waals surface area contributed by atoms with Gasteiger partial charge < -0.3 is 35.2 Å². The second-order valence-electron chi connectivity index (χ2n) is 11.7. The van der Waals surface area contributed by atoms with Gasteiger partial charge in [0.05, 0.1) is 18.1 Å². The van der Waals surface area contributed by atoms with Gasteiger partial charge in [0.15, 0.2) is 23.2 Å². The predicted molar refractivity (Wildman–Crippen MR) is 172 cm³/mol. The summed E-state index contributed by atoms with van der Waals surface area (Å²) in [4.78, 5) is 4.71. The predicted octanol–water partition coefficient (Wildman–Crippen LogP) is 3.52. The zero-order valence-corrected chi connectivity index (χ0v) is 26.4. The van der Waals surface area contributed by atoms with E-state index >= 15 is 0 Å². The zero-order valence-electron chi connectivity index (χ0n) is 26.4. The number of phenols is 1. The van der Waals surface area contributed by atoms with E-state index in [0.717, 1.165) is 73.9 Å². The number of allylic oxidation sites excluding steroid dienone is 1. The summed E-state index contributed by atoms with van der Waals surface area (Å²) in [6.07, 6.45) is 12.9. The van der Waals surface area contributed by atoms with Crippen LogP contribution in [0.15, 0.2) is 46.6 Å². The third-order valence-electron chi connectivity index (χ3n) is 8.18. The summed E-state index contributed by atoms with van der Waals surface area (Å²) in [5.41, 5.74) is 2.93. The van der Waals surface area contributed by atoms with Crippen molar-refractivity contribution in [3.05, 3.63) is 59.2 Å². The van der Waals surface area contributed by atoms with Crippen LogP contribution in [0.4, 0.5) is 0 Å². The zero-order chi connectivity index (χ0) is 31.2. The first kappa shape index (κ1) is 35.0. The number of aliphatic hydroxyl groups is 5. The standard InChI is InChI=1S/C34H53N3O6/c1-5-7-10-33-27(21-39)17-28(43-33)13-11-25-12-14-32(41)34(16-25)42-22-31(35-6-2)30-18-26(20-37-30)24(4)29(9-8-15-38)36-19-23(3)40/h12,14,16-18,20,23-24,29,31,33,35-36,38-40,43H,5-11,13,15,19,21-22H2,1-4H3/p+1/t23-,24-,29-,31-,33?/m0/s1. The summed E-state index contributed by atoms with van der Waals surface area (Å²) in [6.45, 7) is 9.82. The molecule has 43 heavy (non-hydrogen) atoms. The number of nitrogens with one attached hydrogen (secondary N) is 2. The van der Waals surface area contributed by atoms with Gasteiger partial charge in [-0.05, 0) is 70.2 Å². The Kier molecular flexibility index (Phi) is 14.9. The topological polar surface area (TPSA) is 139 Å². The van der Waals surface area contributed by atoms with Crippen molar-refractivity contribution in [1.29, 1.82) is 0 Å². The summed E-state index contributed by atoms with van der Waals surface area (Å²) < 4.78 is 11.0. The number of hydrogen-bond donors (Lipinski definition) is 6.